The summed E-state index contributed by atoms with van der Waals surface area (Å²) < 4.78 is 28.4. The predicted octanol–water partition coefficient (Wildman–Crippen LogP) is 2.52. The zero-order chi connectivity index (χ0) is 14.8. The van der Waals surface area contributed by atoms with Crippen LogP contribution in [0.3, 0.4) is 0 Å². The molecular formula is C14H13NO3S2. The van der Waals surface area contributed by atoms with Crippen molar-refractivity contribution in [2.75, 3.05) is 6.26 Å². The average molecular weight is 307 g/mol. The summed E-state index contributed by atoms with van der Waals surface area (Å²) in [5.41, 5.74) is 6.26. The Bertz CT molecular complexity index is 737. The molecule has 0 fully saturated rings. The molecule has 0 aliphatic carbocycles. The lowest BCUT2D eigenvalue weighted by atomic mass is 10.2. The molecule has 20 heavy (non-hydrogen) atoms. The van der Waals surface area contributed by atoms with Crippen molar-refractivity contribution in [1.82, 2.24) is 0 Å². The molecule has 4 nitrogen and oxygen atoms in total. The first kappa shape index (κ1) is 14.5. The van der Waals surface area contributed by atoms with E-state index >= 15 is 0 Å². The Labute approximate surface area is 123 Å². The fourth-order valence-corrected chi connectivity index (χ4v) is 2.44. The summed E-state index contributed by atoms with van der Waals surface area (Å²) in [6.45, 7) is 0. The maximum Gasteiger partial charge on any atom is 0.175 e. The van der Waals surface area contributed by atoms with Gasteiger partial charge in [0.2, 0.25) is 0 Å². The molecule has 0 aliphatic heterocycles. The van der Waals surface area contributed by atoms with Crippen LogP contribution in [0, 0.1) is 0 Å². The highest BCUT2D eigenvalue weighted by Crippen LogP contribution is 2.26. The monoisotopic (exact) mass is 307 g/mol. The van der Waals surface area contributed by atoms with E-state index in [4.69, 9.17) is 22.7 Å². The third-order valence-electron chi connectivity index (χ3n) is 2.63. The molecule has 0 bridgehead atoms. The number of rotatable bonds is 4. The van der Waals surface area contributed by atoms with Crippen LogP contribution in [0.4, 0.5) is 0 Å². The van der Waals surface area contributed by atoms with Gasteiger partial charge in [-0.15, -0.1) is 0 Å². The number of hydrogen-bond acceptors (Lipinski definition) is 4. The molecule has 0 amide bonds. The number of nitrogens with two attached hydrogens (primary N) is 1. The lowest BCUT2D eigenvalue weighted by molar-refractivity contribution is 0.481. The van der Waals surface area contributed by atoms with Crippen LogP contribution in [-0.2, 0) is 9.84 Å². The number of hydrogen-bond donors (Lipinski definition) is 1. The second kappa shape index (κ2) is 5.60. The predicted molar refractivity (Wildman–Crippen MR) is 82.0 cm³/mol. The summed E-state index contributed by atoms with van der Waals surface area (Å²) in [6, 6.07) is 13.3. The first-order valence-corrected chi connectivity index (χ1v) is 8.05. The summed E-state index contributed by atoms with van der Waals surface area (Å²) in [5.74, 6) is 1.05. The molecule has 0 spiro atoms. The third kappa shape index (κ3) is 3.34. The maximum atomic E-state index is 11.4. The first-order chi connectivity index (χ1) is 9.38. The van der Waals surface area contributed by atoms with Gasteiger partial charge in [-0.05, 0) is 36.4 Å². The maximum absolute atomic E-state index is 11.4. The summed E-state index contributed by atoms with van der Waals surface area (Å²) in [5, 5.41) is 0. The molecule has 2 aromatic rings. The normalized spacial score (nSPS) is 11.1. The highest BCUT2D eigenvalue weighted by molar-refractivity contribution is 7.90. The van der Waals surface area contributed by atoms with Gasteiger partial charge in [-0.3, -0.25) is 0 Å². The highest BCUT2D eigenvalue weighted by Gasteiger charge is 2.09. The number of benzene rings is 2. The zero-order valence-corrected chi connectivity index (χ0v) is 12.4. The second-order valence-corrected chi connectivity index (χ2v) is 6.66. The standard InChI is InChI=1S/C14H13NO3S2/c1-20(16,17)11-8-6-10(7-9-11)18-13-5-3-2-4-12(13)14(15)19/h2-9H,1H3,(H2,15,19). The molecule has 2 rings (SSSR count). The van der Waals surface area contributed by atoms with E-state index in [0.29, 0.717) is 17.1 Å². The summed E-state index contributed by atoms with van der Waals surface area (Å²) >= 11 is 4.95. The van der Waals surface area contributed by atoms with Gasteiger partial charge in [0.05, 0.1) is 10.5 Å². The zero-order valence-electron chi connectivity index (χ0n) is 10.7. The van der Waals surface area contributed by atoms with Crippen molar-refractivity contribution in [2.24, 2.45) is 5.73 Å². The molecule has 0 saturated heterocycles. The Morgan fingerprint density at radius 2 is 1.70 bits per heavy atom. The Hall–Kier alpha value is -1.92. The van der Waals surface area contributed by atoms with Crippen LogP contribution >= 0.6 is 12.2 Å². The Morgan fingerprint density at radius 1 is 1.10 bits per heavy atom. The van der Waals surface area contributed by atoms with Gasteiger partial charge >= 0.3 is 0 Å². The lowest BCUT2D eigenvalue weighted by Crippen LogP contribution is -2.10. The molecule has 2 aromatic carbocycles. The molecule has 0 atom stereocenters. The largest absolute Gasteiger partial charge is 0.457 e. The highest BCUT2D eigenvalue weighted by atomic mass is 32.2. The van der Waals surface area contributed by atoms with Crippen LogP contribution in [0.1, 0.15) is 5.56 Å². The number of thiocarbonyl (C=S) groups is 1. The van der Waals surface area contributed by atoms with Crippen LogP contribution in [0.25, 0.3) is 0 Å². The minimum atomic E-state index is -3.21. The first-order valence-electron chi connectivity index (χ1n) is 5.75. The Kier molecular flexibility index (Phi) is 4.06. The van der Waals surface area contributed by atoms with Gasteiger partial charge in [0.1, 0.15) is 16.5 Å². The quantitative estimate of drug-likeness (QED) is 0.879. The summed E-state index contributed by atoms with van der Waals surface area (Å²) in [7, 11) is -3.21. The topological polar surface area (TPSA) is 69.4 Å². The summed E-state index contributed by atoms with van der Waals surface area (Å²) in [4.78, 5) is 0.487. The van der Waals surface area contributed by atoms with E-state index in [1.165, 1.54) is 12.1 Å². The SMILES string of the molecule is CS(=O)(=O)c1ccc(Oc2ccccc2C(N)=S)cc1. The average Bonchev–Trinajstić information content (AvgIpc) is 2.38. The van der Waals surface area contributed by atoms with Crippen molar-refractivity contribution in [3.8, 4) is 11.5 Å². The van der Waals surface area contributed by atoms with Crippen molar-refractivity contribution in [3.63, 3.8) is 0 Å². The number of ether oxygens (including phenoxy) is 1. The van der Waals surface area contributed by atoms with Crippen molar-refractivity contribution in [2.45, 2.75) is 4.90 Å². The van der Waals surface area contributed by atoms with Gasteiger partial charge in [0.15, 0.2) is 9.84 Å². The molecule has 0 aromatic heterocycles. The molecule has 0 aliphatic rings. The van der Waals surface area contributed by atoms with E-state index in [9.17, 15) is 8.42 Å². The van der Waals surface area contributed by atoms with Gasteiger partial charge in [-0.2, -0.15) is 0 Å². The minimum absolute atomic E-state index is 0.243. The van der Waals surface area contributed by atoms with Crippen LogP contribution in [0.2, 0.25) is 0 Å². The lowest BCUT2D eigenvalue weighted by Gasteiger charge is -2.10. The number of sulfone groups is 1. The molecule has 0 saturated carbocycles. The van der Waals surface area contributed by atoms with E-state index in [1.54, 1.807) is 24.3 Å². The van der Waals surface area contributed by atoms with Crippen molar-refractivity contribution < 1.29 is 13.2 Å². The smallest absolute Gasteiger partial charge is 0.175 e. The minimum Gasteiger partial charge on any atom is -0.457 e. The molecule has 0 radical (unpaired) electrons. The van der Waals surface area contributed by atoms with Gasteiger partial charge in [-0.1, -0.05) is 24.4 Å². The Morgan fingerprint density at radius 3 is 2.25 bits per heavy atom. The fourth-order valence-electron chi connectivity index (χ4n) is 1.64. The third-order valence-corrected chi connectivity index (χ3v) is 3.98. The van der Waals surface area contributed by atoms with E-state index in [2.05, 4.69) is 0 Å². The molecule has 6 heteroatoms. The second-order valence-electron chi connectivity index (χ2n) is 4.21. The van der Waals surface area contributed by atoms with Gasteiger partial charge < -0.3 is 10.5 Å². The van der Waals surface area contributed by atoms with Gasteiger partial charge in [-0.25, -0.2) is 8.42 Å². The molecule has 2 N–H and O–H groups in total. The van der Waals surface area contributed by atoms with E-state index in [0.717, 1.165) is 6.26 Å². The van der Waals surface area contributed by atoms with Gasteiger partial charge in [0.25, 0.3) is 0 Å². The van der Waals surface area contributed by atoms with Crippen molar-refractivity contribution in [1.29, 1.82) is 0 Å². The molecule has 0 unspecified atom stereocenters. The van der Waals surface area contributed by atoms with Crippen molar-refractivity contribution >= 4 is 27.0 Å². The van der Waals surface area contributed by atoms with E-state index in [1.807, 2.05) is 12.1 Å². The van der Waals surface area contributed by atoms with Crippen LogP contribution in [0.15, 0.2) is 53.4 Å². The summed E-state index contributed by atoms with van der Waals surface area (Å²) in [6.07, 6.45) is 1.16. The van der Waals surface area contributed by atoms with Crippen LogP contribution in [0.5, 0.6) is 11.5 Å². The number of para-hydroxylation sites is 1. The Balaban J connectivity index is 2.30. The molecule has 104 valence electrons. The van der Waals surface area contributed by atoms with Gasteiger partial charge in [0, 0.05) is 6.26 Å². The fraction of sp³-hybridized carbons (Fsp3) is 0.0714. The van der Waals surface area contributed by atoms with E-state index < -0.39 is 9.84 Å². The van der Waals surface area contributed by atoms with E-state index in [-0.39, 0.29) is 9.88 Å². The van der Waals surface area contributed by atoms with Crippen LogP contribution in [-0.4, -0.2) is 19.7 Å². The molecule has 0 heterocycles. The van der Waals surface area contributed by atoms with Crippen molar-refractivity contribution in [3.05, 3.63) is 54.1 Å². The van der Waals surface area contributed by atoms with Crippen LogP contribution < -0.4 is 10.5 Å². The molecular weight excluding hydrogens is 294 g/mol.